The summed E-state index contributed by atoms with van der Waals surface area (Å²) in [5.74, 6) is -5.04. The Balaban J connectivity index is 1.43. The van der Waals surface area contributed by atoms with E-state index in [0.717, 1.165) is 4.90 Å². The predicted octanol–water partition coefficient (Wildman–Crippen LogP) is 2.36. The van der Waals surface area contributed by atoms with Crippen LogP contribution in [0.5, 0.6) is 0 Å². The van der Waals surface area contributed by atoms with Gasteiger partial charge in [0.1, 0.15) is 23.7 Å². The molecule has 0 bridgehead atoms. The number of halogens is 1. The lowest BCUT2D eigenvalue weighted by atomic mass is 9.96. The number of nitro benzene ring substituents is 1. The third-order valence-electron chi connectivity index (χ3n) is 5.57. The molecule has 11 nitrogen and oxygen atoms in total. The fourth-order valence-corrected chi connectivity index (χ4v) is 5.34. The number of non-ortho nitro benzene ring substituents is 1. The monoisotopic (exact) mass is 531 g/mol. The van der Waals surface area contributed by atoms with Crippen LogP contribution in [0, 0.1) is 10.1 Å². The third kappa shape index (κ3) is 4.90. The number of thioether (sulfide) groups is 1. The minimum Gasteiger partial charge on any atom is -0.480 e. The number of carbonyl (C=O) groups excluding carboxylic acids is 3. The van der Waals surface area contributed by atoms with Gasteiger partial charge >= 0.3 is 11.9 Å². The van der Waals surface area contributed by atoms with Crippen LogP contribution in [0.15, 0.2) is 65.3 Å². The van der Waals surface area contributed by atoms with Crippen LogP contribution in [0.25, 0.3) is 0 Å². The number of nitrogens with zero attached hydrogens (tertiary/aromatic N) is 2. The van der Waals surface area contributed by atoms with E-state index in [0.29, 0.717) is 5.56 Å². The molecular formula is C23H18ClN3O8S. The van der Waals surface area contributed by atoms with Crippen LogP contribution < -0.4 is 5.32 Å². The molecule has 1 saturated heterocycles. The SMILES string of the molecule is O=C(OCc1ccc([N+](=O)[O-])cc1)C1=C(Cl)CS[C@@H]2C(NC(=O)C(C(=O)O)c3ccccc3)C(=O)N12. The first-order chi connectivity index (χ1) is 17.2. The summed E-state index contributed by atoms with van der Waals surface area (Å²) in [4.78, 5) is 61.5. The summed E-state index contributed by atoms with van der Waals surface area (Å²) in [5, 5.41) is 22.2. The zero-order valence-corrected chi connectivity index (χ0v) is 19.9. The highest BCUT2D eigenvalue weighted by atomic mass is 35.5. The normalized spacial score (nSPS) is 19.6. The molecule has 0 radical (unpaired) electrons. The molecule has 0 aromatic heterocycles. The van der Waals surface area contributed by atoms with Crippen molar-refractivity contribution in [1.82, 2.24) is 10.2 Å². The Hall–Kier alpha value is -3.90. The van der Waals surface area contributed by atoms with E-state index in [1.54, 1.807) is 18.2 Å². The number of esters is 1. The Kier molecular flexibility index (Phi) is 7.27. The maximum Gasteiger partial charge on any atom is 0.356 e. The van der Waals surface area contributed by atoms with E-state index in [2.05, 4.69) is 5.32 Å². The molecule has 2 heterocycles. The smallest absolute Gasteiger partial charge is 0.356 e. The lowest BCUT2D eigenvalue weighted by Gasteiger charge is -2.49. The number of hydrogen-bond donors (Lipinski definition) is 2. The molecule has 2 aromatic rings. The van der Waals surface area contributed by atoms with Gasteiger partial charge in [-0.25, -0.2) is 4.79 Å². The van der Waals surface area contributed by atoms with E-state index in [1.807, 2.05) is 0 Å². The molecule has 186 valence electrons. The van der Waals surface area contributed by atoms with Crippen LogP contribution in [-0.2, 0) is 30.5 Å². The largest absolute Gasteiger partial charge is 0.480 e. The summed E-state index contributed by atoms with van der Waals surface area (Å²) >= 11 is 7.44. The zero-order valence-electron chi connectivity index (χ0n) is 18.3. The van der Waals surface area contributed by atoms with Crippen molar-refractivity contribution in [3.63, 3.8) is 0 Å². The number of ether oxygens (including phenoxy) is 1. The number of carboxylic acids is 1. The molecule has 2 unspecified atom stereocenters. The Morgan fingerprint density at radius 1 is 1.19 bits per heavy atom. The highest BCUT2D eigenvalue weighted by Crippen LogP contribution is 2.42. The van der Waals surface area contributed by atoms with Gasteiger partial charge in [0.15, 0.2) is 5.92 Å². The van der Waals surface area contributed by atoms with E-state index >= 15 is 0 Å². The maximum absolute atomic E-state index is 12.9. The average molecular weight is 532 g/mol. The number of hydrogen-bond acceptors (Lipinski definition) is 8. The van der Waals surface area contributed by atoms with Gasteiger partial charge in [-0.3, -0.25) is 29.4 Å². The quantitative estimate of drug-likeness (QED) is 0.171. The highest BCUT2D eigenvalue weighted by Gasteiger charge is 2.55. The molecule has 13 heteroatoms. The Morgan fingerprint density at radius 3 is 2.47 bits per heavy atom. The number of carbonyl (C=O) groups is 4. The van der Waals surface area contributed by atoms with E-state index in [1.165, 1.54) is 48.2 Å². The number of benzene rings is 2. The number of aliphatic carboxylic acids is 1. The van der Waals surface area contributed by atoms with E-state index in [-0.39, 0.29) is 34.3 Å². The zero-order chi connectivity index (χ0) is 26.0. The predicted molar refractivity (Wildman–Crippen MR) is 128 cm³/mol. The van der Waals surface area contributed by atoms with Crippen molar-refractivity contribution in [3.05, 3.63) is 86.6 Å². The topological polar surface area (TPSA) is 156 Å². The molecule has 0 saturated carbocycles. The van der Waals surface area contributed by atoms with Gasteiger partial charge in [0.05, 0.1) is 9.96 Å². The summed E-state index contributed by atoms with van der Waals surface area (Å²) < 4.78 is 5.26. The molecule has 0 aliphatic carbocycles. The number of amides is 2. The molecule has 2 aromatic carbocycles. The minimum atomic E-state index is -1.51. The van der Waals surface area contributed by atoms with Gasteiger partial charge in [0, 0.05) is 17.9 Å². The second kappa shape index (κ2) is 10.4. The third-order valence-corrected chi connectivity index (χ3v) is 7.32. The summed E-state index contributed by atoms with van der Waals surface area (Å²) in [5.41, 5.74) is 0.490. The lowest BCUT2D eigenvalue weighted by molar-refractivity contribution is -0.384. The molecule has 1 fully saturated rings. The van der Waals surface area contributed by atoms with Gasteiger partial charge < -0.3 is 15.2 Å². The number of nitro groups is 1. The molecular weight excluding hydrogens is 514 g/mol. The van der Waals surface area contributed by atoms with Gasteiger partial charge in [0.2, 0.25) is 5.91 Å². The molecule has 2 amide bonds. The summed E-state index contributed by atoms with van der Waals surface area (Å²) in [7, 11) is 0. The first kappa shape index (κ1) is 25.2. The molecule has 4 rings (SSSR count). The van der Waals surface area contributed by atoms with E-state index < -0.39 is 46.0 Å². The standard InChI is InChI=1S/C23H18ClN3O8S/c24-15-11-36-21-17(25-19(28)16(22(30)31)13-4-2-1-3-5-13)20(29)26(21)18(15)23(32)35-10-12-6-8-14(9-7-12)27(33)34/h1-9,16-17,21H,10-11H2,(H,25,28)(H,30,31)/t16?,17?,21-/m1/s1. The molecule has 2 aliphatic heterocycles. The summed E-state index contributed by atoms with van der Waals surface area (Å²) in [6, 6.07) is 12.3. The minimum absolute atomic E-state index is 0.0933. The first-order valence-corrected chi connectivity index (χ1v) is 11.9. The number of β-lactam (4-membered cyclic amide) rings is 1. The van der Waals surface area contributed by atoms with Crippen LogP contribution in [0.2, 0.25) is 0 Å². The summed E-state index contributed by atoms with van der Waals surface area (Å²) in [6.07, 6.45) is 0. The second-order valence-electron chi connectivity index (χ2n) is 7.83. The molecule has 0 spiro atoms. The van der Waals surface area contributed by atoms with Crippen molar-refractivity contribution in [1.29, 1.82) is 0 Å². The summed E-state index contributed by atoms with van der Waals surface area (Å²) in [6.45, 7) is -0.206. The van der Waals surface area contributed by atoms with Gasteiger partial charge in [-0.15, -0.1) is 11.8 Å². The average Bonchev–Trinajstić information content (AvgIpc) is 2.86. The van der Waals surface area contributed by atoms with Crippen molar-refractivity contribution in [2.75, 3.05) is 5.75 Å². The van der Waals surface area contributed by atoms with Crippen LogP contribution in [0.4, 0.5) is 5.69 Å². The van der Waals surface area contributed by atoms with Gasteiger partial charge in [0.25, 0.3) is 11.6 Å². The second-order valence-corrected chi connectivity index (χ2v) is 9.39. The number of nitrogens with one attached hydrogen (secondary N) is 1. The molecule has 2 aliphatic rings. The first-order valence-electron chi connectivity index (χ1n) is 10.5. The Morgan fingerprint density at radius 2 is 1.86 bits per heavy atom. The number of rotatable bonds is 8. The van der Waals surface area contributed by atoms with Crippen molar-refractivity contribution in [3.8, 4) is 0 Å². The lowest BCUT2D eigenvalue weighted by Crippen LogP contribution is -2.70. The van der Waals surface area contributed by atoms with Crippen molar-refractivity contribution in [2.45, 2.75) is 23.9 Å². The number of carboxylic acid groups (broad SMARTS) is 1. The van der Waals surface area contributed by atoms with Crippen LogP contribution in [0.1, 0.15) is 17.0 Å². The fraction of sp³-hybridized carbons (Fsp3) is 0.217. The highest BCUT2D eigenvalue weighted by molar-refractivity contribution is 8.00. The fourth-order valence-electron chi connectivity index (χ4n) is 3.79. The molecule has 2 N–H and O–H groups in total. The molecule has 36 heavy (non-hydrogen) atoms. The van der Waals surface area contributed by atoms with Crippen LogP contribution in [0.3, 0.4) is 0 Å². The van der Waals surface area contributed by atoms with Gasteiger partial charge in [-0.05, 0) is 23.3 Å². The number of fused-ring (bicyclic) bond motifs is 1. The van der Waals surface area contributed by atoms with E-state index in [9.17, 15) is 34.4 Å². The maximum atomic E-state index is 12.9. The van der Waals surface area contributed by atoms with Crippen molar-refractivity contribution < 1.29 is 33.9 Å². The molecule has 3 atom stereocenters. The van der Waals surface area contributed by atoms with Crippen LogP contribution >= 0.6 is 23.4 Å². The van der Waals surface area contributed by atoms with Crippen molar-refractivity contribution in [2.24, 2.45) is 0 Å². The van der Waals surface area contributed by atoms with Crippen molar-refractivity contribution >= 4 is 52.8 Å². The van der Waals surface area contributed by atoms with Gasteiger partial charge in [-0.2, -0.15) is 0 Å². The Bertz CT molecular complexity index is 1270. The van der Waals surface area contributed by atoms with E-state index in [4.69, 9.17) is 16.3 Å². The Labute approximate surface area is 213 Å². The van der Waals surface area contributed by atoms with Gasteiger partial charge in [-0.1, -0.05) is 41.9 Å². The van der Waals surface area contributed by atoms with Crippen LogP contribution in [-0.4, -0.2) is 55.9 Å².